The van der Waals surface area contributed by atoms with Crippen molar-refractivity contribution in [3.8, 4) is 0 Å². The SMILES string of the molecule is CNc1nc(N)nc2cc[nH]c12. The molecular weight excluding hydrogens is 154 g/mol. The van der Waals surface area contributed by atoms with Crippen molar-refractivity contribution in [3.05, 3.63) is 12.3 Å². The zero-order valence-electron chi connectivity index (χ0n) is 6.63. The molecule has 2 heterocycles. The molecule has 0 saturated heterocycles. The van der Waals surface area contributed by atoms with Crippen molar-refractivity contribution in [3.63, 3.8) is 0 Å². The smallest absolute Gasteiger partial charge is 0.222 e. The van der Waals surface area contributed by atoms with E-state index in [4.69, 9.17) is 5.73 Å². The molecule has 0 bridgehead atoms. The Morgan fingerprint density at radius 2 is 2.33 bits per heavy atom. The molecule has 5 heteroatoms. The topological polar surface area (TPSA) is 79.6 Å². The highest BCUT2D eigenvalue weighted by Gasteiger charge is 2.03. The Kier molecular flexibility index (Phi) is 1.36. The highest BCUT2D eigenvalue weighted by molar-refractivity contribution is 5.86. The molecule has 62 valence electrons. The average molecular weight is 163 g/mol. The Hall–Kier alpha value is -1.78. The van der Waals surface area contributed by atoms with Crippen LogP contribution in [0.25, 0.3) is 11.0 Å². The maximum Gasteiger partial charge on any atom is 0.222 e. The molecule has 0 aliphatic heterocycles. The van der Waals surface area contributed by atoms with Gasteiger partial charge in [0, 0.05) is 13.2 Å². The molecule has 0 fully saturated rings. The third-order valence-corrected chi connectivity index (χ3v) is 1.66. The van der Waals surface area contributed by atoms with Gasteiger partial charge in [0.25, 0.3) is 0 Å². The van der Waals surface area contributed by atoms with Gasteiger partial charge in [0.15, 0.2) is 5.82 Å². The van der Waals surface area contributed by atoms with Crippen molar-refractivity contribution in [1.29, 1.82) is 0 Å². The molecule has 0 amide bonds. The number of nitrogen functional groups attached to an aromatic ring is 1. The van der Waals surface area contributed by atoms with Gasteiger partial charge < -0.3 is 16.0 Å². The Balaban J connectivity index is 2.80. The van der Waals surface area contributed by atoms with Crippen LogP contribution >= 0.6 is 0 Å². The molecule has 2 aromatic rings. The van der Waals surface area contributed by atoms with Crippen LogP contribution in [0.15, 0.2) is 12.3 Å². The Morgan fingerprint density at radius 1 is 1.50 bits per heavy atom. The summed E-state index contributed by atoms with van der Waals surface area (Å²) in [6.07, 6.45) is 1.81. The lowest BCUT2D eigenvalue weighted by atomic mass is 10.4. The second-order valence-corrected chi connectivity index (χ2v) is 2.42. The summed E-state index contributed by atoms with van der Waals surface area (Å²) in [5.41, 5.74) is 7.19. The minimum Gasteiger partial charge on any atom is -0.371 e. The Morgan fingerprint density at radius 3 is 3.08 bits per heavy atom. The number of nitrogens with two attached hydrogens (primary N) is 1. The van der Waals surface area contributed by atoms with Crippen LogP contribution in [0.3, 0.4) is 0 Å². The van der Waals surface area contributed by atoms with E-state index in [2.05, 4.69) is 20.3 Å². The summed E-state index contributed by atoms with van der Waals surface area (Å²) >= 11 is 0. The number of anilines is 2. The Bertz CT molecular complexity index is 405. The number of hydrogen-bond acceptors (Lipinski definition) is 4. The first kappa shape index (κ1) is 6.90. The maximum absolute atomic E-state index is 5.48. The number of H-pyrrole nitrogens is 1. The van der Waals surface area contributed by atoms with E-state index in [1.54, 1.807) is 13.2 Å². The Labute approximate surface area is 69.0 Å². The molecule has 0 atom stereocenters. The van der Waals surface area contributed by atoms with Gasteiger partial charge in [-0.2, -0.15) is 4.98 Å². The number of nitrogens with one attached hydrogen (secondary N) is 2. The highest BCUT2D eigenvalue weighted by Crippen LogP contribution is 2.17. The molecule has 0 radical (unpaired) electrons. The zero-order valence-corrected chi connectivity index (χ0v) is 6.63. The lowest BCUT2D eigenvalue weighted by molar-refractivity contribution is 1.22. The van der Waals surface area contributed by atoms with Crippen LogP contribution in [-0.2, 0) is 0 Å². The number of aromatic amines is 1. The minimum absolute atomic E-state index is 0.284. The third kappa shape index (κ3) is 0.868. The summed E-state index contributed by atoms with van der Waals surface area (Å²) in [5.74, 6) is 1.01. The van der Waals surface area contributed by atoms with Crippen LogP contribution in [0.5, 0.6) is 0 Å². The van der Waals surface area contributed by atoms with E-state index in [0.29, 0.717) is 0 Å². The minimum atomic E-state index is 0.284. The van der Waals surface area contributed by atoms with E-state index in [0.717, 1.165) is 16.9 Å². The summed E-state index contributed by atoms with van der Waals surface area (Å²) in [5, 5.41) is 2.93. The summed E-state index contributed by atoms with van der Waals surface area (Å²) in [6.45, 7) is 0. The third-order valence-electron chi connectivity index (χ3n) is 1.66. The molecule has 0 aromatic carbocycles. The molecule has 0 saturated carbocycles. The molecule has 2 aromatic heterocycles. The predicted octanol–water partition coefficient (Wildman–Crippen LogP) is 0.582. The number of hydrogen-bond donors (Lipinski definition) is 3. The molecule has 2 rings (SSSR count). The fourth-order valence-corrected chi connectivity index (χ4v) is 1.14. The van der Waals surface area contributed by atoms with Crippen molar-refractivity contribution >= 4 is 22.8 Å². The second kappa shape index (κ2) is 2.37. The molecular formula is C7H9N5. The van der Waals surface area contributed by atoms with E-state index >= 15 is 0 Å². The van der Waals surface area contributed by atoms with Gasteiger partial charge >= 0.3 is 0 Å². The molecule has 0 unspecified atom stereocenters. The first-order valence-corrected chi connectivity index (χ1v) is 3.59. The number of aromatic nitrogens is 3. The zero-order chi connectivity index (χ0) is 8.55. The second-order valence-electron chi connectivity index (χ2n) is 2.42. The molecule has 4 N–H and O–H groups in total. The molecule has 12 heavy (non-hydrogen) atoms. The van der Waals surface area contributed by atoms with Gasteiger partial charge in [0.05, 0.1) is 5.52 Å². The van der Waals surface area contributed by atoms with Gasteiger partial charge in [-0.3, -0.25) is 0 Å². The highest BCUT2D eigenvalue weighted by atomic mass is 15.1. The summed E-state index contributed by atoms with van der Waals surface area (Å²) in [7, 11) is 1.79. The van der Waals surface area contributed by atoms with E-state index in [9.17, 15) is 0 Å². The van der Waals surface area contributed by atoms with Crippen LogP contribution in [0, 0.1) is 0 Å². The van der Waals surface area contributed by atoms with Crippen LogP contribution in [0.2, 0.25) is 0 Å². The summed E-state index contributed by atoms with van der Waals surface area (Å²) in [4.78, 5) is 11.1. The maximum atomic E-state index is 5.48. The van der Waals surface area contributed by atoms with Gasteiger partial charge in [-0.1, -0.05) is 0 Å². The van der Waals surface area contributed by atoms with E-state index in [1.165, 1.54) is 0 Å². The van der Waals surface area contributed by atoms with Crippen molar-refractivity contribution < 1.29 is 0 Å². The number of fused-ring (bicyclic) bond motifs is 1. The van der Waals surface area contributed by atoms with Gasteiger partial charge in [0.2, 0.25) is 5.95 Å². The van der Waals surface area contributed by atoms with Crippen molar-refractivity contribution in [2.45, 2.75) is 0 Å². The standard InChI is InChI=1S/C7H9N5/c1-9-6-5-4(2-3-10-5)11-7(8)12-6/h2-3,10H,1H3,(H3,8,9,11,12). The van der Waals surface area contributed by atoms with Gasteiger partial charge in [-0.15, -0.1) is 0 Å². The largest absolute Gasteiger partial charge is 0.371 e. The van der Waals surface area contributed by atoms with E-state index in [-0.39, 0.29) is 5.95 Å². The van der Waals surface area contributed by atoms with Crippen molar-refractivity contribution in [2.24, 2.45) is 0 Å². The molecule has 0 spiro atoms. The van der Waals surface area contributed by atoms with Gasteiger partial charge in [-0.25, -0.2) is 4.98 Å². The first-order chi connectivity index (χ1) is 5.81. The quantitative estimate of drug-likeness (QED) is 0.574. The number of rotatable bonds is 1. The summed E-state index contributed by atoms with van der Waals surface area (Å²) < 4.78 is 0. The predicted molar refractivity (Wildman–Crippen MR) is 47.8 cm³/mol. The van der Waals surface area contributed by atoms with Crippen LogP contribution in [-0.4, -0.2) is 22.0 Å². The van der Waals surface area contributed by atoms with Crippen molar-refractivity contribution in [2.75, 3.05) is 18.1 Å². The fraction of sp³-hybridized carbons (Fsp3) is 0.143. The number of nitrogens with zero attached hydrogens (tertiary/aromatic N) is 2. The lowest BCUT2D eigenvalue weighted by Crippen LogP contribution is -2.00. The van der Waals surface area contributed by atoms with Gasteiger partial charge in [0.1, 0.15) is 5.52 Å². The molecule has 0 aliphatic carbocycles. The average Bonchev–Trinajstić information content (AvgIpc) is 2.50. The monoisotopic (exact) mass is 163 g/mol. The van der Waals surface area contributed by atoms with E-state index < -0.39 is 0 Å². The van der Waals surface area contributed by atoms with Crippen LogP contribution < -0.4 is 11.1 Å². The lowest BCUT2D eigenvalue weighted by Gasteiger charge is -2.00. The first-order valence-electron chi connectivity index (χ1n) is 3.59. The van der Waals surface area contributed by atoms with Crippen LogP contribution in [0.4, 0.5) is 11.8 Å². The summed E-state index contributed by atoms with van der Waals surface area (Å²) in [6, 6.07) is 1.86. The fourth-order valence-electron chi connectivity index (χ4n) is 1.14. The van der Waals surface area contributed by atoms with E-state index in [1.807, 2.05) is 6.07 Å². The normalized spacial score (nSPS) is 10.4. The van der Waals surface area contributed by atoms with Crippen molar-refractivity contribution in [1.82, 2.24) is 15.0 Å². The van der Waals surface area contributed by atoms with Crippen LogP contribution in [0.1, 0.15) is 0 Å². The molecule has 0 aliphatic rings. The van der Waals surface area contributed by atoms with Gasteiger partial charge in [-0.05, 0) is 6.07 Å². The molecule has 5 nitrogen and oxygen atoms in total.